The third-order valence-electron chi connectivity index (χ3n) is 4.91. The van der Waals surface area contributed by atoms with E-state index in [1.807, 2.05) is 53.1 Å². The highest BCUT2D eigenvalue weighted by molar-refractivity contribution is 5.99. The molecule has 0 bridgehead atoms. The number of nitrogens with zero attached hydrogens (tertiary/aromatic N) is 3. The molecule has 0 saturated heterocycles. The molecule has 0 saturated carbocycles. The second-order valence-electron chi connectivity index (χ2n) is 8.38. The standard InChI is InChI=1S/C23H26N6O3/c1-23(2,3)20-13-21(28-27-20)26-22(31)25-15-4-6-16(7-5-15)29-14-24-18-12-17(32-11-10-30)8-9-19(18)29/h4-9,12-14,30H,10-11H2,1-3H3,(H3,25,26,27,28,31). The molecule has 4 aromatic rings. The number of H-pyrrole nitrogens is 1. The number of fused-ring (bicyclic) bond motifs is 1. The van der Waals surface area contributed by atoms with Crippen LogP contribution in [0, 0.1) is 0 Å². The van der Waals surface area contributed by atoms with E-state index < -0.39 is 0 Å². The first-order chi connectivity index (χ1) is 15.3. The summed E-state index contributed by atoms with van der Waals surface area (Å²) in [5.74, 6) is 1.13. The van der Waals surface area contributed by atoms with Crippen molar-refractivity contribution in [2.24, 2.45) is 0 Å². The Morgan fingerprint density at radius 1 is 1.12 bits per heavy atom. The Labute approximate surface area is 185 Å². The molecule has 0 spiro atoms. The van der Waals surface area contributed by atoms with E-state index >= 15 is 0 Å². The Morgan fingerprint density at radius 2 is 1.91 bits per heavy atom. The number of aromatic nitrogens is 4. The quantitative estimate of drug-likeness (QED) is 0.365. The first kappa shape index (κ1) is 21.4. The van der Waals surface area contributed by atoms with Crippen LogP contribution in [0.4, 0.5) is 16.3 Å². The predicted molar refractivity (Wildman–Crippen MR) is 124 cm³/mol. The number of aliphatic hydroxyl groups excluding tert-OH is 1. The van der Waals surface area contributed by atoms with Gasteiger partial charge < -0.3 is 15.2 Å². The Kier molecular flexibility index (Phi) is 5.83. The van der Waals surface area contributed by atoms with Gasteiger partial charge in [-0.15, -0.1) is 0 Å². The van der Waals surface area contributed by atoms with Crippen LogP contribution in [0.25, 0.3) is 16.7 Å². The van der Waals surface area contributed by atoms with Crippen LogP contribution < -0.4 is 15.4 Å². The molecule has 166 valence electrons. The normalized spacial score (nSPS) is 11.5. The van der Waals surface area contributed by atoms with Gasteiger partial charge >= 0.3 is 6.03 Å². The summed E-state index contributed by atoms with van der Waals surface area (Å²) in [6, 6.07) is 14.5. The fourth-order valence-corrected chi connectivity index (χ4v) is 3.21. The number of rotatable bonds is 6. The Hall–Kier alpha value is -3.85. The number of imidazole rings is 1. The molecule has 32 heavy (non-hydrogen) atoms. The van der Waals surface area contributed by atoms with Crippen LogP contribution in [-0.4, -0.2) is 44.1 Å². The van der Waals surface area contributed by atoms with Crippen LogP contribution in [0.15, 0.2) is 54.9 Å². The summed E-state index contributed by atoms with van der Waals surface area (Å²) in [7, 11) is 0. The van der Waals surface area contributed by atoms with Crippen LogP contribution in [0.1, 0.15) is 26.5 Å². The molecule has 9 heteroatoms. The number of carbonyl (C=O) groups excluding carboxylic acids is 1. The first-order valence-electron chi connectivity index (χ1n) is 10.3. The topological polar surface area (TPSA) is 117 Å². The lowest BCUT2D eigenvalue weighted by Crippen LogP contribution is -2.19. The summed E-state index contributed by atoms with van der Waals surface area (Å²) in [5.41, 5.74) is 4.14. The van der Waals surface area contributed by atoms with Gasteiger partial charge in [-0.25, -0.2) is 9.78 Å². The molecule has 2 amide bonds. The molecule has 0 aliphatic rings. The van der Waals surface area contributed by atoms with E-state index in [1.165, 1.54) is 0 Å². The lowest BCUT2D eigenvalue weighted by atomic mass is 9.92. The second kappa shape index (κ2) is 8.72. The van der Waals surface area contributed by atoms with Crippen molar-refractivity contribution in [2.75, 3.05) is 23.8 Å². The van der Waals surface area contributed by atoms with E-state index in [9.17, 15) is 4.79 Å². The van der Waals surface area contributed by atoms with Gasteiger partial charge in [-0.3, -0.25) is 15.0 Å². The summed E-state index contributed by atoms with van der Waals surface area (Å²) >= 11 is 0. The Morgan fingerprint density at radius 3 is 2.59 bits per heavy atom. The molecular formula is C23H26N6O3. The van der Waals surface area contributed by atoms with Crippen molar-refractivity contribution in [1.82, 2.24) is 19.7 Å². The maximum absolute atomic E-state index is 12.3. The average molecular weight is 435 g/mol. The van der Waals surface area contributed by atoms with E-state index in [2.05, 4.69) is 46.6 Å². The number of nitrogens with one attached hydrogen (secondary N) is 3. The van der Waals surface area contributed by atoms with E-state index in [4.69, 9.17) is 9.84 Å². The van der Waals surface area contributed by atoms with Gasteiger partial charge in [-0.2, -0.15) is 5.10 Å². The average Bonchev–Trinajstić information content (AvgIpc) is 3.39. The number of aliphatic hydroxyl groups is 1. The fourth-order valence-electron chi connectivity index (χ4n) is 3.21. The largest absolute Gasteiger partial charge is 0.491 e. The lowest BCUT2D eigenvalue weighted by molar-refractivity contribution is 0.201. The zero-order valence-electron chi connectivity index (χ0n) is 18.2. The number of hydrogen-bond acceptors (Lipinski definition) is 5. The van der Waals surface area contributed by atoms with Gasteiger partial charge in [-0.1, -0.05) is 20.8 Å². The summed E-state index contributed by atoms with van der Waals surface area (Å²) in [4.78, 5) is 16.7. The number of carbonyl (C=O) groups is 1. The zero-order valence-corrected chi connectivity index (χ0v) is 18.2. The van der Waals surface area contributed by atoms with Crippen molar-refractivity contribution in [2.45, 2.75) is 26.2 Å². The number of hydrogen-bond donors (Lipinski definition) is 4. The summed E-state index contributed by atoms with van der Waals surface area (Å²) in [6.45, 7) is 6.41. The van der Waals surface area contributed by atoms with E-state index in [-0.39, 0.29) is 24.7 Å². The molecule has 0 unspecified atom stereocenters. The minimum absolute atomic E-state index is 0.0372. The van der Waals surface area contributed by atoms with Gasteiger partial charge in [0.2, 0.25) is 0 Å². The van der Waals surface area contributed by atoms with E-state index in [0.717, 1.165) is 22.4 Å². The summed E-state index contributed by atoms with van der Waals surface area (Å²) in [5, 5.41) is 21.5. The maximum atomic E-state index is 12.3. The van der Waals surface area contributed by atoms with Gasteiger partial charge in [-0.05, 0) is 36.4 Å². The number of anilines is 2. The molecule has 4 N–H and O–H groups in total. The number of urea groups is 1. The van der Waals surface area contributed by atoms with E-state index in [0.29, 0.717) is 17.3 Å². The van der Waals surface area contributed by atoms with Gasteiger partial charge in [0.25, 0.3) is 0 Å². The highest BCUT2D eigenvalue weighted by Crippen LogP contribution is 2.24. The lowest BCUT2D eigenvalue weighted by Gasteiger charge is -2.14. The van der Waals surface area contributed by atoms with Crippen molar-refractivity contribution >= 4 is 28.6 Å². The van der Waals surface area contributed by atoms with Crippen molar-refractivity contribution in [1.29, 1.82) is 0 Å². The molecule has 2 heterocycles. The molecule has 2 aromatic carbocycles. The molecule has 4 rings (SSSR count). The third kappa shape index (κ3) is 4.73. The SMILES string of the molecule is CC(C)(C)c1cc(NC(=O)Nc2ccc(-n3cnc4cc(OCCO)ccc43)cc2)n[nH]1. The molecule has 9 nitrogen and oxygen atoms in total. The molecule has 0 atom stereocenters. The van der Waals surface area contributed by atoms with Crippen molar-refractivity contribution in [3.63, 3.8) is 0 Å². The van der Waals surface area contributed by atoms with Crippen LogP contribution in [0.3, 0.4) is 0 Å². The third-order valence-corrected chi connectivity index (χ3v) is 4.91. The fraction of sp³-hybridized carbons (Fsp3) is 0.261. The van der Waals surface area contributed by atoms with Crippen LogP contribution in [-0.2, 0) is 5.41 Å². The zero-order chi connectivity index (χ0) is 22.7. The van der Waals surface area contributed by atoms with Crippen LogP contribution in [0.2, 0.25) is 0 Å². The van der Waals surface area contributed by atoms with Gasteiger partial charge in [0.15, 0.2) is 5.82 Å². The van der Waals surface area contributed by atoms with Crippen molar-refractivity contribution < 1.29 is 14.6 Å². The van der Waals surface area contributed by atoms with Crippen molar-refractivity contribution in [3.05, 3.63) is 60.6 Å². The van der Waals surface area contributed by atoms with Crippen LogP contribution in [0.5, 0.6) is 5.75 Å². The van der Waals surface area contributed by atoms with Gasteiger partial charge in [0.1, 0.15) is 18.7 Å². The molecule has 0 aliphatic heterocycles. The highest BCUT2D eigenvalue weighted by Gasteiger charge is 2.17. The second-order valence-corrected chi connectivity index (χ2v) is 8.38. The minimum atomic E-state index is -0.367. The van der Waals surface area contributed by atoms with Gasteiger partial charge in [0, 0.05) is 34.6 Å². The maximum Gasteiger partial charge on any atom is 0.324 e. The molecular weight excluding hydrogens is 408 g/mol. The molecule has 0 fully saturated rings. The number of amides is 2. The first-order valence-corrected chi connectivity index (χ1v) is 10.3. The van der Waals surface area contributed by atoms with Gasteiger partial charge in [0.05, 0.1) is 17.6 Å². The smallest absolute Gasteiger partial charge is 0.324 e. The highest BCUT2D eigenvalue weighted by atomic mass is 16.5. The monoisotopic (exact) mass is 434 g/mol. The predicted octanol–water partition coefficient (Wildman–Crippen LogP) is 4.06. The number of benzene rings is 2. The molecule has 2 aromatic heterocycles. The summed E-state index contributed by atoms with van der Waals surface area (Å²) < 4.78 is 7.39. The summed E-state index contributed by atoms with van der Waals surface area (Å²) in [6.07, 6.45) is 1.74. The van der Waals surface area contributed by atoms with E-state index in [1.54, 1.807) is 6.33 Å². The number of aromatic amines is 1. The Balaban J connectivity index is 1.43. The minimum Gasteiger partial charge on any atom is -0.491 e. The molecule has 0 aliphatic carbocycles. The van der Waals surface area contributed by atoms with Crippen LogP contribution >= 0.6 is 0 Å². The number of ether oxygens (including phenoxy) is 1. The Bertz CT molecular complexity index is 1220. The van der Waals surface area contributed by atoms with Crippen molar-refractivity contribution in [3.8, 4) is 11.4 Å². The molecule has 0 radical (unpaired) electrons.